The molecule has 1 fully saturated rings. The number of carboxylic acids is 1. The first-order valence-electron chi connectivity index (χ1n) is 7.04. The molecule has 1 heterocycles. The van der Waals surface area contributed by atoms with E-state index >= 15 is 0 Å². The summed E-state index contributed by atoms with van der Waals surface area (Å²) in [6, 6.07) is 6.65. The Balaban J connectivity index is 1.96. The molecule has 1 saturated heterocycles. The van der Waals surface area contributed by atoms with Crippen LogP contribution in [0.3, 0.4) is 0 Å². The summed E-state index contributed by atoms with van der Waals surface area (Å²) in [7, 11) is 0. The first-order chi connectivity index (χ1) is 9.02. The smallest absolute Gasteiger partial charge is 0.303 e. The topological polar surface area (TPSA) is 40.5 Å². The first-order valence-corrected chi connectivity index (χ1v) is 7.04. The number of hydrogen-bond acceptors (Lipinski definition) is 2. The van der Waals surface area contributed by atoms with Gasteiger partial charge in [0.05, 0.1) is 0 Å². The molecule has 1 unspecified atom stereocenters. The van der Waals surface area contributed by atoms with Crippen molar-refractivity contribution in [2.75, 3.05) is 13.1 Å². The molecule has 0 aliphatic carbocycles. The lowest BCUT2D eigenvalue weighted by molar-refractivity contribution is -0.138. The number of benzene rings is 1. The van der Waals surface area contributed by atoms with Crippen molar-refractivity contribution in [2.45, 2.75) is 39.7 Å². The Morgan fingerprint density at radius 3 is 2.63 bits per heavy atom. The third kappa shape index (κ3) is 4.35. The Kier molecular flexibility index (Phi) is 4.59. The predicted molar refractivity (Wildman–Crippen MR) is 76.2 cm³/mol. The van der Waals surface area contributed by atoms with Crippen LogP contribution in [0.15, 0.2) is 18.2 Å². The van der Waals surface area contributed by atoms with E-state index in [9.17, 15) is 4.79 Å². The highest BCUT2D eigenvalue weighted by Gasteiger charge is 2.21. The van der Waals surface area contributed by atoms with Gasteiger partial charge in [-0.1, -0.05) is 29.3 Å². The molecule has 0 spiro atoms. The molecule has 104 valence electrons. The third-order valence-electron chi connectivity index (χ3n) is 3.75. The molecule has 19 heavy (non-hydrogen) atoms. The molecule has 0 bridgehead atoms. The lowest BCUT2D eigenvalue weighted by Gasteiger charge is -2.32. The van der Waals surface area contributed by atoms with Crippen molar-refractivity contribution >= 4 is 5.97 Å². The Morgan fingerprint density at radius 1 is 1.32 bits per heavy atom. The Labute approximate surface area is 115 Å². The van der Waals surface area contributed by atoms with Crippen LogP contribution in [-0.4, -0.2) is 29.1 Å². The van der Waals surface area contributed by atoms with E-state index in [-0.39, 0.29) is 0 Å². The van der Waals surface area contributed by atoms with Crippen LogP contribution in [0, 0.1) is 19.8 Å². The zero-order chi connectivity index (χ0) is 13.8. The molecule has 1 atom stereocenters. The minimum atomic E-state index is -0.668. The van der Waals surface area contributed by atoms with Gasteiger partial charge in [0.15, 0.2) is 0 Å². The second kappa shape index (κ2) is 6.20. The third-order valence-corrected chi connectivity index (χ3v) is 3.75. The SMILES string of the molecule is Cc1cc(C)cc(CN2CCCC(CC(=O)O)C2)c1. The minimum Gasteiger partial charge on any atom is -0.481 e. The van der Waals surface area contributed by atoms with Gasteiger partial charge in [-0.2, -0.15) is 0 Å². The molecule has 1 aromatic carbocycles. The van der Waals surface area contributed by atoms with E-state index in [4.69, 9.17) is 5.11 Å². The fourth-order valence-corrected chi connectivity index (χ4v) is 3.13. The van der Waals surface area contributed by atoms with E-state index in [0.29, 0.717) is 12.3 Å². The molecule has 3 heteroatoms. The number of carbonyl (C=O) groups is 1. The Hall–Kier alpha value is -1.35. The Bertz CT molecular complexity index is 436. The molecule has 0 amide bonds. The molecule has 1 aromatic rings. The first kappa shape index (κ1) is 14.1. The average Bonchev–Trinajstić information content (AvgIpc) is 2.26. The molecule has 0 saturated carbocycles. The largest absolute Gasteiger partial charge is 0.481 e. The summed E-state index contributed by atoms with van der Waals surface area (Å²) >= 11 is 0. The van der Waals surface area contributed by atoms with Gasteiger partial charge in [0.1, 0.15) is 0 Å². The lowest BCUT2D eigenvalue weighted by atomic mass is 9.94. The van der Waals surface area contributed by atoms with E-state index < -0.39 is 5.97 Å². The maximum atomic E-state index is 10.8. The minimum absolute atomic E-state index is 0.309. The van der Waals surface area contributed by atoms with Gasteiger partial charge in [0.2, 0.25) is 0 Å². The predicted octanol–water partition coefficient (Wildman–Crippen LogP) is 2.99. The van der Waals surface area contributed by atoms with Gasteiger partial charge >= 0.3 is 5.97 Å². The molecule has 0 radical (unpaired) electrons. The molecule has 1 N–H and O–H groups in total. The van der Waals surface area contributed by atoms with Crippen LogP contribution in [-0.2, 0) is 11.3 Å². The number of aliphatic carboxylic acids is 1. The van der Waals surface area contributed by atoms with Gasteiger partial charge in [-0.15, -0.1) is 0 Å². The number of rotatable bonds is 4. The van der Waals surface area contributed by atoms with Crippen molar-refractivity contribution in [3.63, 3.8) is 0 Å². The highest BCUT2D eigenvalue weighted by atomic mass is 16.4. The number of carboxylic acid groups (broad SMARTS) is 1. The fourth-order valence-electron chi connectivity index (χ4n) is 3.13. The van der Waals surface area contributed by atoms with Crippen LogP contribution in [0.4, 0.5) is 0 Å². The second-order valence-electron chi connectivity index (χ2n) is 5.84. The zero-order valence-corrected chi connectivity index (χ0v) is 11.9. The highest BCUT2D eigenvalue weighted by molar-refractivity contribution is 5.67. The molecular formula is C16H23NO2. The molecule has 1 aliphatic heterocycles. The van der Waals surface area contributed by atoms with Crippen LogP contribution < -0.4 is 0 Å². The number of nitrogens with zero attached hydrogens (tertiary/aromatic N) is 1. The molecule has 2 rings (SSSR count). The summed E-state index contributed by atoms with van der Waals surface area (Å²) in [6.07, 6.45) is 2.47. The number of aryl methyl sites for hydroxylation is 2. The van der Waals surface area contributed by atoms with Crippen molar-refractivity contribution in [2.24, 2.45) is 5.92 Å². The summed E-state index contributed by atoms with van der Waals surface area (Å²) in [5.74, 6) is -0.351. The van der Waals surface area contributed by atoms with Crippen molar-refractivity contribution in [1.29, 1.82) is 0 Å². The van der Waals surface area contributed by atoms with Gasteiger partial charge in [0, 0.05) is 19.5 Å². The van der Waals surface area contributed by atoms with Gasteiger partial charge in [0.25, 0.3) is 0 Å². The van der Waals surface area contributed by atoms with Crippen LogP contribution in [0.25, 0.3) is 0 Å². The van der Waals surface area contributed by atoms with E-state index in [1.807, 2.05) is 0 Å². The molecule has 1 aliphatic rings. The normalized spacial score (nSPS) is 20.4. The monoisotopic (exact) mass is 261 g/mol. The Morgan fingerprint density at radius 2 is 2.00 bits per heavy atom. The van der Waals surface area contributed by atoms with E-state index in [2.05, 4.69) is 36.9 Å². The van der Waals surface area contributed by atoms with E-state index in [1.165, 1.54) is 16.7 Å². The number of piperidine rings is 1. The van der Waals surface area contributed by atoms with Gasteiger partial charge in [-0.05, 0) is 44.7 Å². The van der Waals surface area contributed by atoms with Crippen molar-refractivity contribution in [1.82, 2.24) is 4.90 Å². The second-order valence-corrected chi connectivity index (χ2v) is 5.84. The zero-order valence-electron chi connectivity index (χ0n) is 11.9. The van der Waals surface area contributed by atoms with Crippen LogP contribution in [0.2, 0.25) is 0 Å². The quantitative estimate of drug-likeness (QED) is 0.905. The molecule has 0 aromatic heterocycles. The summed E-state index contributed by atoms with van der Waals surface area (Å²) in [6.45, 7) is 7.20. The standard InChI is InChI=1S/C16H23NO2/c1-12-6-13(2)8-15(7-12)11-17-5-3-4-14(10-17)9-16(18)19/h6-8,14H,3-5,9-11H2,1-2H3,(H,18,19). The van der Waals surface area contributed by atoms with Crippen LogP contribution in [0.5, 0.6) is 0 Å². The summed E-state index contributed by atoms with van der Waals surface area (Å²) in [4.78, 5) is 13.2. The highest BCUT2D eigenvalue weighted by Crippen LogP contribution is 2.21. The van der Waals surface area contributed by atoms with Gasteiger partial charge in [-0.25, -0.2) is 0 Å². The van der Waals surface area contributed by atoms with Gasteiger partial charge in [-0.3, -0.25) is 9.69 Å². The maximum absolute atomic E-state index is 10.8. The summed E-state index contributed by atoms with van der Waals surface area (Å²) < 4.78 is 0. The van der Waals surface area contributed by atoms with Crippen molar-refractivity contribution in [3.05, 3.63) is 34.9 Å². The summed E-state index contributed by atoms with van der Waals surface area (Å²) in [5.41, 5.74) is 3.94. The average molecular weight is 261 g/mol. The number of hydrogen-bond donors (Lipinski definition) is 1. The molecule has 3 nitrogen and oxygen atoms in total. The van der Waals surface area contributed by atoms with Gasteiger partial charge < -0.3 is 5.11 Å². The summed E-state index contributed by atoms with van der Waals surface area (Å²) in [5, 5.41) is 8.90. The van der Waals surface area contributed by atoms with Crippen molar-refractivity contribution in [3.8, 4) is 0 Å². The maximum Gasteiger partial charge on any atom is 0.303 e. The van der Waals surface area contributed by atoms with Crippen LogP contribution in [0.1, 0.15) is 36.0 Å². The lowest BCUT2D eigenvalue weighted by Crippen LogP contribution is -2.35. The molecular weight excluding hydrogens is 238 g/mol. The fraction of sp³-hybridized carbons (Fsp3) is 0.562. The van der Waals surface area contributed by atoms with E-state index in [0.717, 1.165) is 32.5 Å². The number of likely N-dealkylation sites (tertiary alicyclic amines) is 1. The van der Waals surface area contributed by atoms with Crippen LogP contribution >= 0.6 is 0 Å². The van der Waals surface area contributed by atoms with E-state index in [1.54, 1.807) is 0 Å². The van der Waals surface area contributed by atoms with Crippen molar-refractivity contribution < 1.29 is 9.90 Å².